The average Bonchev–Trinajstić information content (AvgIpc) is 3.87. The van der Waals surface area contributed by atoms with E-state index in [0.29, 0.717) is 38.5 Å². The molecule has 3 heterocycles. The molecule has 7 aromatic carbocycles. The van der Waals surface area contributed by atoms with Gasteiger partial charge in [-0.15, -0.1) is 11.3 Å². The predicted molar refractivity (Wildman–Crippen MR) is 209 cm³/mol. The molecule has 50 heavy (non-hydrogen) atoms. The number of nitrogens with zero attached hydrogens (tertiary/aromatic N) is 4. The van der Waals surface area contributed by atoms with Gasteiger partial charge in [0.05, 0.1) is 34.5 Å². The molecule has 0 N–H and O–H groups in total. The van der Waals surface area contributed by atoms with E-state index in [1.807, 2.05) is 30.3 Å². The van der Waals surface area contributed by atoms with Crippen LogP contribution >= 0.6 is 11.3 Å². The summed E-state index contributed by atoms with van der Waals surface area (Å²) in [6, 6.07) is 22.1. The quantitative estimate of drug-likeness (QED) is 0.183. The van der Waals surface area contributed by atoms with Gasteiger partial charge in [0.1, 0.15) is 0 Å². The first-order chi connectivity index (χ1) is 30.2. The monoisotopic (exact) mass is 669 g/mol. The Balaban J connectivity index is 1.24. The van der Waals surface area contributed by atoms with Crippen LogP contribution in [0.2, 0.25) is 0 Å². The Kier molecular flexibility index (Phi) is 4.27. The highest BCUT2D eigenvalue weighted by molar-refractivity contribution is 7.26. The Morgan fingerprint density at radius 2 is 1.10 bits per heavy atom. The maximum absolute atomic E-state index is 9.09. The van der Waals surface area contributed by atoms with Crippen LogP contribution in [0.15, 0.2) is 170 Å². The third-order valence-electron chi connectivity index (χ3n) is 8.53. The lowest BCUT2D eigenvalue weighted by molar-refractivity contribution is 1.06. The topological polar surface area (TPSA) is 43.6 Å². The maximum Gasteiger partial charge on any atom is 0.166 e. The van der Waals surface area contributed by atoms with Gasteiger partial charge in [0, 0.05) is 47.6 Å². The van der Waals surface area contributed by atoms with E-state index >= 15 is 0 Å². The number of thiophene rings is 1. The van der Waals surface area contributed by atoms with E-state index in [-0.39, 0.29) is 115 Å². The number of fused-ring (bicyclic) bond motifs is 6. The Hall–Kier alpha value is -6.43. The zero-order chi connectivity index (χ0) is 44.3. The van der Waals surface area contributed by atoms with E-state index in [1.165, 1.54) is 12.1 Å². The van der Waals surface area contributed by atoms with E-state index in [4.69, 9.17) is 32.8 Å². The summed E-state index contributed by atoms with van der Waals surface area (Å²) < 4.78 is 116. The van der Waals surface area contributed by atoms with E-state index in [1.54, 1.807) is 53.1 Å². The molecular formula is C45H28N4S. The highest BCUT2D eigenvalue weighted by Gasteiger charge is 2.19. The third-order valence-corrected chi connectivity index (χ3v) is 9.65. The van der Waals surface area contributed by atoms with Crippen LogP contribution in [0.25, 0.3) is 93.0 Å². The Morgan fingerprint density at radius 3 is 1.92 bits per heavy atom. The summed E-state index contributed by atoms with van der Waals surface area (Å²) in [4.78, 5) is 14.9. The zero-order valence-corrected chi connectivity index (χ0v) is 26.7. The number of benzene rings is 7. The number of aromatic nitrogens is 4. The van der Waals surface area contributed by atoms with E-state index in [0.717, 1.165) is 11.3 Å². The van der Waals surface area contributed by atoms with Crippen molar-refractivity contribution in [3.63, 3.8) is 0 Å². The molecule has 10 aromatic rings. The van der Waals surface area contributed by atoms with Crippen molar-refractivity contribution < 1.29 is 17.8 Å². The van der Waals surface area contributed by atoms with Gasteiger partial charge in [-0.3, -0.25) is 0 Å². The number of hydrogen-bond donors (Lipinski definition) is 0. The van der Waals surface area contributed by atoms with Crippen LogP contribution in [0.5, 0.6) is 0 Å². The molecule has 10 rings (SSSR count). The first-order valence-corrected chi connectivity index (χ1v) is 16.5. The van der Waals surface area contributed by atoms with E-state index < -0.39 is 18.1 Å². The van der Waals surface area contributed by atoms with Gasteiger partial charge in [-0.05, 0) is 47.5 Å². The van der Waals surface area contributed by atoms with E-state index in [2.05, 4.69) is 0 Å². The molecule has 234 valence electrons. The molecule has 4 nitrogen and oxygen atoms in total. The smallest absolute Gasteiger partial charge is 0.166 e. The Morgan fingerprint density at radius 1 is 0.460 bits per heavy atom. The van der Waals surface area contributed by atoms with E-state index in [9.17, 15) is 0 Å². The van der Waals surface area contributed by atoms with Crippen molar-refractivity contribution in [3.8, 4) is 51.0 Å². The summed E-state index contributed by atoms with van der Waals surface area (Å²) in [5, 5.41) is 0.509. The highest BCUT2D eigenvalue weighted by Crippen LogP contribution is 2.41. The summed E-state index contributed by atoms with van der Waals surface area (Å²) in [6.45, 7) is 0. The van der Waals surface area contributed by atoms with Gasteiger partial charge in [-0.2, -0.15) is 0 Å². The fourth-order valence-corrected chi connectivity index (χ4v) is 7.39. The standard InChI is InChI=1S/C45H28N4S/c1-2-14-29(15-3-1)43-46-44(31-17-12-16-30(28-31)32-22-13-23-36-35-20-7-11-27-41(35)50-42(32)36)48-45(47-43)37-21-6-10-26-40(37)49-38-24-8-4-18-33(38)34-19-5-9-25-39(34)49/h1-28H/i4D,5D,7D,11D,13D,18D,19D,20D,22D,23D,24D,25D,27D. The maximum atomic E-state index is 9.09. The van der Waals surface area contributed by atoms with Crippen LogP contribution in [-0.2, 0) is 0 Å². The summed E-state index contributed by atoms with van der Waals surface area (Å²) in [6.07, 6.45) is 0. The van der Waals surface area contributed by atoms with Crippen LogP contribution in [0.4, 0.5) is 0 Å². The van der Waals surface area contributed by atoms with Crippen LogP contribution in [0.3, 0.4) is 0 Å². The van der Waals surface area contributed by atoms with Gasteiger partial charge in [-0.25, -0.2) is 15.0 Å². The fraction of sp³-hybridized carbons (Fsp3) is 0. The molecule has 0 unspecified atom stereocenters. The van der Waals surface area contributed by atoms with Gasteiger partial charge in [0.25, 0.3) is 0 Å². The van der Waals surface area contributed by atoms with Gasteiger partial charge in [0.15, 0.2) is 17.5 Å². The normalized spacial score (nSPS) is 15.2. The molecule has 0 fully saturated rings. The SMILES string of the molecule is [2H]c1cc([2H])c2c(c1[2H])c1c([2H])c([2H])cc([2H])c1n2-c1ccccc1-c1nc(-c2ccccc2)nc(-c2cccc(-c3c([2H])c([2H])c([2H])c4c3sc3c([2H])c([2H])c([2H])c([2H])c34)c2)n1. The summed E-state index contributed by atoms with van der Waals surface area (Å²) >= 11 is 1.04. The molecule has 0 spiro atoms. The lowest BCUT2D eigenvalue weighted by atomic mass is 10.0. The molecule has 0 aliphatic rings. The van der Waals surface area contributed by atoms with Gasteiger partial charge >= 0.3 is 0 Å². The summed E-state index contributed by atoms with van der Waals surface area (Å²) in [5.41, 5.74) is 3.05. The first-order valence-electron chi connectivity index (χ1n) is 22.1. The zero-order valence-electron chi connectivity index (χ0n) is 38.9. The van der Waals surface area contributed by atoms with Crippen molar-refractivity contribution in [1.29, 1.82) is 0 Å². The number of para-hydroxylation sites is 3. The second-order valence-corrected chi connectivity index (χ2v) is 12.4. The molecule has 0 radical (unpaired) electrons. The molecule has 0 bridgehead atoms. The molecule has 5 heteroatoms. The molecule has 0 atom stereocenters. The predicted octanol–water partition coefficient (Wildman–Crippen LogP) is 12.0. The van der Waals surface area contributed by atoms with Crippen LogP contribution in [0, 0.1) is 0 Å². The molecule has 0 amide bonds. The minimum absolute atomic E-state index is 0.108. The molecule has 0 saturated heterocycles. The third kappa shape index (κ3) is 4.63. The summed E-state index contributed by atoms with van der Waals surface area (Å²) in [7, 11) is 0. The van der Waals surface area contributed by atoms with Gasteiger partial charge < -0.3 is 4.57 Å². The lowest BCUT2D eigenvalue weighted by Crippen LogP contribution is -2.03. The molecule has 0 saturated carbocycles. The van der Waals surface area contributed by atoms with Crippen molar-refractivity contribution in [2.24, 2.45) is 0 Å². The highest BCUT2D eigenvalue weighted by atomic mass is 32.1. The van der Waals surface area contributed by atoms with Crippen molar-refractivity contribution in [2.75, 3.05) is 0 Å². The Bertz CT molecular complexity index is 3560. The lowest BCUT2D eigenvalue weighted by Gasteiger charge is -2.14. The van der Waals surface area contributed by atoms with Crippen molar-refractivity contribution in [2.45, 2.75) is 0 Å². The Labute approximate surface area is 310 Å². The van der Waals surface area contributed by atoms with Crippen LogP contribution in [0.1, 0.15) is 17.8 Å². The van der Waals surface area contributed by atoms with Gasteiger partial charge in [0.2, 0.25) is 0 Å². The average molecular weight is 670 g/mol. The van der Waals surface area contributed by atoms with Gasteiger partial charge in [-0.1, -0.05) is 133 Å². The minimum Gasteiger partial charge on any atom is -0.309 e. The molecule has 0 aliphatic carbocycles. The second kappa shape index (κ2) is 11.6. The van der Waals surface area contributed by atoms with Crippen molar-refractivity contribution >= 4 is 53.3 Å². The van der Waals surface area contributed by atoms with Crippen LogP contribution in [-0.4, -0.2) is 19.5 Å². The minimum atomic E-state index is -0.456. The summed E-state index contributed by atoms with van der Waals surface area (Å²) in [5.74, 6) is 0.688. The second-order valence-electron chi connectivity index (χ2n) is 11.4. The fourth-order valence-electron chi connectivity index (χ4n) is 6.30. The molecule has 0 aliphatic heterocycles. The molecular weight excluding hydrogens is 629 g/mol. The largest absolute Gasteiger partial charge is 0.309 e. The van der Waals surface area contributed by atoms with Crippen LogP contribution < -0.4 is 0 Å². The number of rotatable bonds is 5. The van der Waals surface area contributed by atoms with Crippen molar-refractivity contribution in [3.05, 3.63) is 170 Å². The molecule has 3 aromatic heterocycles. The first kappa shape index (κ1) is 18.4. The van der Waals surface area contributed by atoms with Crippen molar-refractivity contribution in [1.82, 2.24) is 19.5 Å². The number of hydrogen-bond acceptors (Lipinski definition) is 4.